The molecule has 1 amide bonds. The van der Waals surface area contributed by atoms with Gasteiger partial charge in [-0.1, -0.05) is 0 Å². The predicted molar refractivity (Wildman–Crippen MR) is 74.9 cm³/mol. The number of ether oxygens (including phenoxy) is 1. The molecule has 2 atom stereocenters. The molecule has 0 saturated carbocycles. The summed E-state index contributed by atoms with van der Waals surface area (Å²) in [6, 6.07) is 3.13. The van der Waals surface area contributed by atoms with Gasteiger partial charge < -0.3 is 19.8 Å². The van der Waals surface area contributed by atoms with Crippen molar-refractivity contribution in [1.29, 1.82) is 0 Å². The lowest BCUT2D eigenvalue weighted by atomic mass is 9.99. The molecule has 108 valence electrons. The van der Waals surface area contributed by atoms with E-state index in [-0.39, 0.29) is 41.4 Å². The lowest BCUT2D eigenvalue weighted by Crippen LogP contribution is -2.51. The van der Waals surface area contributed by atoms with Crippen LogP contribution in [0, 0.1) is 0 Å². The normalized spacial score (nSPS) is 23.0. The average Bonchev–Trinajstić information content (AvgIpc) is 2.83. The number of likely N-dealkylation sites (tertiary alicyclic amines) is 1. The fraction of sp³-hybridized carbons (Fsp3) is 0.583. The summed E-state index contributed by atoms with van der Waals surface area (Å²) in [5, 5.41) is 0.217. The smallest absolute Gasteiger partial charge is 0.289 e. The van der Waals surface area contributed by atoms with Crippen LogP contribution in [0.4, 0.5) is 0 Å². The monoisotopic (exact) mass is 308 g/mol. The fourth-order valence-electron chi connectivity index (χ4n) is 2.29. The minimum Gasteiger partial charge on any atom is -0.440 e. The zero-order valence-corrected chi connectivity index (χ0v) is 12.2. The SMILES string of the molecule is COC1CCN(C(=O)c2ccc(Cl)o2)C(CN)C1.Cl. The molecule has 2 heterocycles. The Morgan fingerprint density at radius 2 is 2.37 bits per heavy atom. The van der Waals surface area contributed by atoms with E-state index in [1.165, 1.54) is 0 Å². The van der Waals surface area contributed by atoms with Gasteiger partial charge in [0.1, 0.15) is 0 Å². The molecule has 0 aliphatic carbocycles. The number of methoxy groups -OCH3 is 1. The molecule has 2 unspecified atom stereocenters. The topological polar surface area (TPSA) is 68.7 Å². The van der Waals surface area contributed by atoms with E-state index in [9.17, 15) is 4.79 Å². The van der Waals surface area contributed by atoms with Gasteiger partial charge >= 0.3 is 0 Å². The highest BCUT2D eigenvalue weighted by atomic mass is 35.5. The van der Waals surface area contributed by atoms with Gasteiger partial charge in [-0.15, -0.1) is 12.4 Å². The first-order valence-corrected chi connectivity index (χ1v) is 6.32. The summed E-state index contributed by atoms with van der Waals surface area (Å²) in [6.45, 7) is 1.04. The van der Waals surface area contributed by atoms with Crippen LogP contribution in [-0.2, 0) is 4.74 Å². The highest BCUT2D eigenvalue weighted by Crippen LogP contribution is 2.23. The number of hydrogen-bond donors (Lipinski definition) is 1. The molecule has 2 rings (SSSR count). The number of nitrogens with two attached hydrogens (primary N) is 1. The van der Waals surface area contributed by atoms with Gasteiger partial charge in [0.15, 0.2) is 11.0 Å². The molecule has 1 aromatic heterocycles. The molecule has 0 bridgehead atoms. The Kier molecular flexibility index (Phi) is 6.13. The van der Waals surface area contributed by atoms with Crippen molar-refractivity contribution in [2.45, 2.75) is 25.0 Å². The second-order valence-corrected chi connectivity index (χ2v) is 4.75. The van der Waals surface area contributed by atoms with Gasteiger partial charge in [0.2, 0.25) is 0 Å². The van der Waals surface area contributed by atoms with E-state index in [1.807, 2.05) is 0 Å². The molecule has 1 saturated heterocycles. The number of furan rings is 1. The first kappa shape index (κ1) is 16.3. The standard InChI is InChI=1S/C12H17ClN2O3.ClH/c1-17-9-4-5-15(8(6-9)7-14)12(16)10-2-3-11(13)18-10;/h2-3,8-9H,4-7,14H2,1H3;1H. The lowest BCUT2D eigenvalue weighted by Gasteiger charge is -2.37. The van der Waals surface area contributed by atoms with Crippen molar-refractivity contribution < 1.29 is 13.9 Å². The number of rotatable bonds is 3. The minimum atomic E-state index is -0.160. The van der Waals surface area contributed by atoms with Crippen molar-refractivity contribution in [1.82, 2.24) is 4.90 Å². The van der Waals surface area contributed by atoms with Crippen LogP contribution in [-0.4, -0.2) is 43.2 Å². The molecule has 0 spiro atoms. The average molecular weight is 309 g/mol. The maximum atomic E-state index is 12.3. The molecule has 5 nitrogen and oxygen atoms in total. The van der Waals surface area contributed by atoms with Gasteiger partial charge in [-0.05, 0) is 36.6 Å². The highest BCUT2D eigenvalue weighted by Gasteiger charge is 2.32. The van der Waals surface area contributed by atoms with E-state index >= 15 is 0 Å². The zero-order valence-electron chi connectivity index (χ0n) is 10.7. The molecule has 2 N–H and O–H groups in total. The first-order chi connectivity index (χ1) is 8.65. The van der Waals surface area contributed by atoms with E-state index < -0.39 is 0 Å². The van der Waals surface area contributed by atoms with Gasteiger partial charge in [-0.2, -0.15) is 0 Å². The van der Waals surface area contributed by atoms with Gasteiger partial charge in [0.25, 0.3) is 5.91 Å². The van der Waals surface area contributed by atoms with Gasteiger partial charge in [-0.3, -0.25) is 4.79 Å². The number of hydrogen-bond acceptors (Lipinski definition) is 4. The highest BCUT2D eigenvalue weighted by molar-refractivity contribution is 6.29. The third-order valence-corrected chi connectivity index (χ3v) is 3.52. The molecule has 0 radical (unpaired) electrons. The molecule has 1 fully saturated rings. The summed E-state index contributed by atoms with van der Waals surface area (Å²) in [5.41, 5.74) is 5.73. The largest absolute Gasteiger partial charge is 0.440 e. The molecular weight excluding hydrogens is 291 g/mol. The Balaban J connectivity index is 0.00000180. The Bertz CT molecular complexity index is 425. The summed E-state index contributed by atoms with van der Waals surface area (Å²) in [7, 11) is 1.68. The van der Waals surface area contributed by atoms with Crippen LogP contribution < -0.4 is 5.73 Å². The molecule has 1 aromatic rings. The molecule has 1 aliphatic rings. The Morgan fingerprint density at radius 3 is 2.89 bits per heavy atom. The summed E-state index contributed by atoms with van der Waals surface area (Å²) < 4.78 is 10.5. The van der Waals surface area contributed by atoms with Crippen molar-refractivity contribution in [3.8, 4) is 0 Å². The lowest BCUT2D eigenvalue weighted by molar-refractivity contribution is 0.0124. The van der Waals surface area contributed by atoms with Crippen molar-refractivity contribution in [3.63, 3.8) is 0 Å². The van der Waals surface area contributed by atoms with Crippen LogP contribution in [0.15, 0.2) is 16.5 Å². The number of amides is 1. The Labute approximate surface area is 123 Å². The van der Waals surface area contributed by atoms with Crippen LogP contribution in [0.2, 0.25) is 5.22 Å². The summed E-state index contributed by atoms with van der Waals surface area (Å²) in [6.07, 6.45) is 1.74. The third kappa shape index (κ3) is 3.63. The molecule has 1 aliphatic heterocycles. The fourth-order valence-corrected chi connectivity index (χ4v) is 2.44. The van der Waals surface area contributed by atoms with Gasteiger partial charge in [0.05, 0.1) is 6.10 Å². The molecule has 7 heteroatoms. The second kappa shape index (κ2) is 7.14. The maximum absolute atomic E-state index is 12.3. The van der Waals surface area contributed by atoms with Crippen LogP contribution >= 0.6 is 24.0 Å². The minimum absolute atomic E-state index is 0. The zero-order chi connectivity index (χ0) is 13.1. The van der Waals surface area contributed by atoms with Gasteiger partial charge in [-0.25, -0.2) is 0 Å². The second-order valence-electron chi connectivity index (χ2n) is 4.37. The van der Waals surface area contributed by atoms with Crippen LogP contribution in [0.25, 0.3) is 0 Å². The van der Waals surface area contributed by atoms with E-state index in [1.54, 1.807) is 24.1 Å². The Morgan fingerprint density at radius 1 is 1.63 bits per heavy atom. The Hall–Kier alpha value is -0.750. The van der Waals surface area contributed by atoms with E-state index in [0.717, 1.165) is 12.8 Å². The number of carbonyl (C=O) groups excluding carboxylic acids is 1. The van der Waals surface area contributed by atoms with E-state index in [4.69, 9.17) is 26.5 Å². The number of halogens is 2. The predicted octanol–water partition coefficient (Wildman–Crippen LogP) is 1.93. The molecule has 0 aromatic carbocycles. The van der Waals surface area contributed by atoms with Gasteiger partial charge in [0, 0.05) is 26.2 Å². The van der Waals surface area contributed by atoms with Crippen LogP contribution in [0.3, 0.4) is 0 Å². The van der Waals surface area contributed by atoms with Crippen molar-refractivity contribution >= 4 is 29.9 Å². The summed E-state index contributed by atoms with van der Waals surface area (Å²) >= 11 is 5.68. The summed E-state index contributed by atoms with van der Waals surface area (Å²) in [5.74, 6) is 0.0984. The quantitative estimate of drug-likeness (QED) is 0.926. The number of nitrogens with zero attached hydrogens (tertiary/aromatic N) is 1. The van der Waals surface area contributed by atoms with Crippen molar-refractivity contribution in [2.24, 2.45) is 5.73 Å². The first-order valence-electron chi connectivity index (χ1n) is 5.95. The maximum Gasteiger partial charge on any atom is 0.289 e. The van der Waals surface area contributed by atoms with E-state index in [2.05, 4.69) is 0 Å². The van der Waals surface area contributed by atoms with Crippen LogP contribution in [0.5, 0.6) is 0 Å². The summed E-state index contributed by atoms with van der Waals surface area (Å²) in [4.78, 5) is 14.0. The van der Waals surface area contributed by atoms with E-state index in [0.29, 0.717) is 13.1 Å². The molecule has 19 heavy (non-hydrogen) atoms. The third-order valence-electron chi connectivity index (χ3n) is 3.32. The molecular formula is C12H18Cl2N2O3. The number of piperidine rings is 1. The van der Waals surface area contributed by atoms with Crippen molar-refractivity contribution in [2.75, 3.05) is 20.2 Å². The van der Waals surface area contributed by atoms with Crippen molar-refractivity contribution in [3.05, 3.63) is 23.1 Å². The number of carbonyl (C=O) groups is 1. The van der Waals surface area contributed by atoms with Crippen LogP contribution in [0.1, 0.15) is 23.4 Å².